The molecule has 0 radical (unpaired) electrons. The number of ether oxygens (including phenoxy) is 3. The van der Waals surface area contributed by atoms with Crippen molar-refractivity contribution in [3.63, 3.8) is 0 Å². The summed E-state index contributed by atoms with van der Waals surface area (Å²) in [5.74, 6) is 2.90. The third-order valence-corrected chi connectivity index (χ3v) is 6.09. The summed E-state index contributed by atoms with van der Waals surface area (Å²) >= 11 is 0. The Balaban J connectivity index is 1.54. The van der Waals surface area contributed by atoms with Crippen molar-refractivity contribution in [2.75, 3.05) is 19.1 Å². The fraction of sp³-hybridized carbons (Fsp3) is 0.0690. The van der Waals surface area contributed by atoms with E-state index >= 15 is 0 Å². The van der Waals surface area contributed by atoms with Gasteiger partial charge in [-0.15, -0.1) is 0 Å². The van der Waals surface area contributed by atoms with E-state index in [1.54, 1.807) is 14.2 Å². The highest BCUT2D eigenvalue weighted by Crippen LogP contribution is 2.52. The maximum absolute atomic E-state index is 6.27. The van der Waals surface area contributed by atoms with Crippen molar-refractivity contribution < 1.29 is 14.2 Å². The number of benzene rings is 4. The van der Waals surface area contributed by atoms with Crippen LogP contribution in [0.15, 0.2) is 97.2 Å². The van der Waals surface area contributed by atoms with Gasteiger partial charge < -0.3 is 19.1 Å². The molecule has 166 valence electrons. The number of rotatable bonds is 4. The molecule has 34 heavy (non-hydrogen) atoms. The lowest BCUT2D eigenvalue weighted by molar-refractivity contribution is 0.403. The largest absolute Gasteiger partial charge is 0.497 e. The standard InChI is InChI=1S/C29H22N2O3/c1-32-22-10-12-25-27(17-22)34-28-18-23(33-2)11-13-26(28)31(25)21-8-5-7-20(16-21)29-24-9-4-3-6-19(24)14-15-30-29/h3-18H,1-2H3. The summed E-state index contributed by atoms with van der Waals surface area (Å²) in [4.78, 5) is 6.92. The second kappa shape index (κ2) is 8.12. The van der Waals surface area contributed by atoms with Crippen LogP contribution in [0.1, 0.15) is 0 Å². The Hall–Kier alpha value is -4.51. The monoisotopic (exact) mass is 446 g/mol. The second-order valence-electron chi connectivity index (χ2n) is 8.04. The van der Waals surface area contributed by atoms with Gasteiger partial charge >= 0.3 is 0 Å². The molecule has 5 aromatic rings. The fourth-order valence-corrected chi connectivity index (χ4v) is 4.44. The molecular formula is C29H22N2O3. The molecule has 0 spiro atoms. The van der Waals surface area contributed by atoms with Gasteiger partial charge in [-0.05, 0) is 47.9 Å². The molecule has 4 aromatic carbocycles. The molecule has 1 aliphatic rings. The minimum atomic E-state index is 0.716. The van der Waals surface area contributed by atoms with Crippen molar-refractivity contribution >= 4 is 27.8 Å². The van der Waals surface area contributed by atoms with E-state index in [2.05, 4.69) is 41.3 Å². The first-order chi connectivity index (χ1) is 16.7. The van der Waals surface area contributed by atoms with Crippen LogP contribution in [0.25, 0.3) is 22.0 Å². The van der Waals surface area contributed by atoms with Gasteiger partial charge in [-0.2, -0.15) is 0 Å². The smallest absolute Gasteiger partial charge is 0.155 e. The van der Waals surface area contributed by atoms with Gasteiger partial charge in [0.25, 0.3) is 0 Å². The number of pyridine rings is 1. The molecule has 0 bridgehead atoms. The lowest BCUT2D eigenvalue weighted by atomic mass is 10.0. The van der Waals surface area contributed by atoms with Crippen molar-refractivity contribution in [3.8, 4) is 34.3 Å². The van der Waals surface area contributed by atoms with E-state index in [0.29, 0.717) is 11.5 Å². The number of aromatic nitrogens is 1. The quantitative estimate of drug-likeness (QED) is 0.281. The summed E-state index contributed by atoms with van der Waals surface area (Å²) in [6.07, 6.45) is 1.86. The highest BCUT2D eigenvalue weighted by atomic mass is 16.5. The number of anilines is 3. The fourth-order valence-electron chi connectivity index (χ4n) is 4.44. The van der Waals surface area contributed by atoms with Gasteiger partial charge in [-0.25, -0.2) is 0 Å². The number of methoxy groups -OCH3 is 2. The average molecular weight is 447 g/mol. The van der Waals surface area contributed by atoms with E-state index in [4.69, 9.17) is 19.2 Å². The van der Waals surface area contributed by atoms with Gasteiger partial charge in [-0.1, -0.05) is 36.4 Å². The van der Waals surface area contributed by atoms with Gasteiger partial charge in [0.05, 0.1) is 31.3 Å². The lowest BCUT2D eigenvalue weighted by Gasteiger charge is -2.33. The third-order valence-electron chi connectivity index (χ3n) is 6.09. The van der Waals surface area contributed by atoms with Gasteiger partial charge in [0.15, 0.2) is 11.5 Å². The van der Waals surface area contributed by atoms with E-state index in [1.165, 1.54) is 5.39 Å². The van der Waals surface area contributed by atoms with Crippen LogP contribution in [-0.4, -0.2) is 19.2 Å². The molecule has 0 saturated heterocycles. The van der Waals surface area contributed by atoms with E-state index < -0.39 is 0 Å². The van der Waals surface area contributed by atoms with Crippen LogP contribution in [0.3, 0.4) is 0 Å². The molecule has 2 heterocycles. The molecule has 1 aromatic heterocycles. The van der Waals surface area contributed by atoms with Crippen molar-refractivity contribution in [3.05, 3.63) is 97.2 Å². The molecule has 0 aliphatic carbocycles. The Morgan fingerprint density at radius 3 is 2.12 bits per heavy atom. The molecule has 0 N–H and O–H groups in total. The number of nitrogens with zero attached hydrogens (tertiary/aromatic N) is 2. The first-order valence-electron chi connectivity index (χ1n) is 11.0. The zero-order chi connectivity index (χ0) is 23.1. The van der Waals surface area contributed by atoms with E-state index in [9.17, 15) is 0 Å². The van der Waals surface area contributed by atoms with Crippen LogP contribution >= 0.6 is 0 Å². The number of fused-ring (bicyclic) bond motifs is 3. The van der Waals surface area contributed by atoms with Crippen molar-refractivity contribution in [1.29, 1.82) is 0 Å². The average Bonchev–Trinajstić information content (AvgIpc) is 2.90. The summed E-state index contributed by atoms with van der Waals surface area (Å²) in [6.45, 7) is 0. The SMILES string of the molecule is COc1ccc2c(c1)Oc1cc(OC)ccc1N2c1cccc(-c2nccc3ccccc23)c1. The third kappa shape index (κ3) is 3.30. The zero-order valence-electron chi connectivity index (χ0n) is 18.9. The van der Waals surface area contributed by atoms with Crippen LogP contribution in [0.5, 0.6) is 23.0 Å². The Bertz CT molecular complexity index is 1470. The normalized spacial score (nSPS) is 12.0. The summed E-state index contributed by atoms with van der Waals surface area (Å²) in [6, 6.07) is 30.5. The van der Waals surface area contributed by atoms with Crippen molar-refractivity contribution in [2.24, 2.45) is 0 Å². The molecule has 5 nitrogen and oxygen atoms in total. The lowest BCUT2D eigenvalue weighted by Crippen LogP contribution is -2.16. The van der Waals surface area contributed by atoms with Crippen molar-refractivity contribution in [2.45, 2.75) is 0 Å². The molecule has 6 rings (SSSR count). The minimum Gasteiger partial charge on any atom is -0.497 e. The van der Waals surface area contributed by atoms with E-state index in [0.717, 1.165) is 45.2 Å². The highest BCUT2D eigenvalue weighted by molar-refractivity contribution is 5.96. The van der Waals surface area contributed by atoms with Crippen LogP contribution in [0.2, 0.25) is 0 Å². The zero-order valence-corrected chi connectivity index (χ0v) is 18.9. The Morgan fingerprint density at radius 1 is 0.706 bits per heavy atom. The maximum Gasteiger partial charge on any atom is 0.155 e. The van der Waals surface area contributed by atoms with Gasteiger partial charge in [0, 0.05) is 35.0 Å². The van der Waals surface area contributed by atoms with Gasteiger partial charge in [0.2, 0.25) is 0 Å². The molecule has 0 unspecified atom stereocenters. The highest BCUT2D eigenvalue weighted by Gasteiger charge is 2.27. The predicted molar refractivity (Wildman–Crippen MR) is 135 cm³/mol. The topological polar surface area (TPSA) is 43.8 Å². The first kappa shape index (κ1) is 20.1. The Kier molecular flexibility index (Phi) is 4.81. The summed E-state index contributed by atoms with van der Waals surface area (Å²) in [5, 5.41) is 2.29. The second-order valence-corrected chi connectivity index (χ2v) is 8.04. The van der Waals surface area contributed by atoms with E-state index in [-0.39, 0.29) is 0 Å². The van der Waals surface area contributed by atoms with Crippen LogP contribution in [-0.2, 0) is 0 Å². The molecule has 0 saturated carbocycles. The van der Waals surface area contributed by atoms with Crippen LogP contribution < -0.4 is 19.1 Å². The van der Waals surface area contributed by atoms with Crippen LogP contribution in [0.4, 0.5) is 17.1 Å². The number of hydrogen-bond donors (Lipinski definition) is 0. The first-order valence-corrected chi connectivity index (χ1v) is 11.0. The molecule has 1 aliphatic heterocycles. The summed E-state index contributed by atoms with van der Waals surface area (Å²) in [7, 11) is 3.31. The summed E-state index contributed by atoms with van der Waals surface area (Å²) in [5.41, 5.74) is 4.88. The minimum absolute atomic E-state index is 0.716. The van der Waals surface area contributed by atoms with Crippen molar-refractivity contribution in [1.82, 2.24) is 4.98 Å². The molecule has 0 fully saturated rings. The molecule has 0 atom stereocenters. The van der Waals surface area contributed by atoms with Gasteiger partial charge in [0.1, 0.15) is 11.5 Å². The number of hydrogen-bond acceptors (Lipinski definition) is 5. The van der Waals surface area contributed by atoms with Gasteiger partial charge in [-0.3, -0.25) is 4.98 Å². The summed E-state index contributed by atoms with van der Waals surface area (Å²) < 4.78 is 17.2. The maximum atomic E-state index is 6.27. The molecular weight excluding hydrogens is 424 g/mol. The van der Waals surface area contributed by atoms with Crippen LogP contribution in [0, 0.1) is 0 Å². The molecule has 5 heteroatoms. The molecule has 0 amide bonds. The predicted octanol–water partition coefficient (Wildman–Crippen LogP) is 7.49. The Morgan fingerprint density at radius 2 is 1.41 bits per heavy atom. The van der Waals surface area contributed by atoms with E-state index in [1.807, 2.05) is 60.8 Å². The Labute approximate surface area is 197 Å².